The molecule has 0 saturated carbocycles. The molecular weight excluding hydrogens is 432 g/mol. The summed E-state index contributed by atoms with van der Waals surface area (Å²) in [5.74, 6) is 2.00. The Bertz CT molecular complexity index is 962. The van der Waals surface area contributed by atoms with E-state index in [1.54, 1.807) is 12.0 Å². The molecule has 1 N–H and O–H groups in total. The molecule has 2 aromatic rings. The predicted molar refractivity (Wildman–Crippen MR) is 131 cm³/mol. The second kappa shape index (κ2) is 12.9. The van der Waals surface area contributed by atoms with Crippen molar-refractivity contribution in [3.05, 3.63) is 53.6 Å². The van der Waals surface area contributed by atoms with Gasteiger partial charge in [0.15, 0.2) is 11.5 Å². The SMILES string of the molecule is CCCCNC(=O)[C@H](CC)N(Cc1cccc(OC)c1)C(=O)CCc1ccc2c(c1)OCCO2. The largest absolute Gasteiger partial charge is 0.497 e. The Hall–Kier alpha value is -3.22. The molecule has 0 aliphatic carbocycles. The van der Waals surface area contributed by atoms with Crippen molar-refractivity contribution in [3.8, 4) is 17.2 Å². The smallest absolute Gasteiger partial charge is 0.242 e. The molecule has 34 heavy (non-hydrogen) atoms. The molecule has 3 rings (SSSR count). The Morgan fingerprint density at radius 1 is 1.06 bits per heavy atom. The number of methoxy groups -OCH3 is 1. The van der Waals surface area contributed by atoms with Gasteiger partial charge in [-0.1, -0.05) is 38.5 Å². The highest BCUT2D eigenvalue weighted by Crippen LogP contribution is 2.31. The van der Waals surface area contributed by atoms with Gasteiger partial charge in [0.2, 0.25) is 11.8 Å². The number of hydrogen-bond donors (Lipinski definition) is 1. The Morgan fingerprint density at radius 3 is 2.59 bits per heavy atom. The van der Waals surface area contributed by atoms with Gasteiger partial charge in [-0.2, -0.15) is 0 Å². The van der Waals surface area contributed by atoms with Crippen LogP contribution in [0.5, 0.6) is 17.2 Å². The minimum Gasteiger partial charge on any atom is -0.497 e. The van der Waals surface area contributed by atoms with Crippen LogP contribution in [0.2, 0.25) is 0 Å². The fourth-order valence-electron chi connectivity index (χ4n) is 4.03. The lowest BCUT2D eigenvalue weighted by atomic mass is 10.1. The maximum absolute atomic E-state index is 13.5. The van der Waals surface area contributed by atoms with Gasteiger partial charge in [-0.25, -0.2) is 0 Å². The minimum absolute atomic E-state index is 0.0600. The molecule has 7 nitrogen and oxygen atoms in total. The summed E-state index contributed by atoms with van der Waals surface area (Å²) in [5.41, 5.74) is 1.92. The van der Waals surface area contributed by atoms with Crippen LogP contribution in [0.15, 0.2) is 42.5 Å². The number of ether oxygens (including phenoxy) is 3. The first-order chi connectivity index (χ1) is 16.5. The summed E-state index contributed by atoms with van der Waals surface area (Å²) in [7, 11) is 1.62. The predicted octanol–water partition coefficient (Wildman–Crippen LogP) is 4.12. The molecule has 0 aromatic heterocycles. The molecular formula is C27H36N2O5. The molecule has 1 atom stereocenters. The van der Waals surface area contributed by atoms with Crippen LogP contribution in [0.1, 0.15) is 50.7 Å². The number of benzene rings is 2. The fourth-order valence-corrected chi connectivity index (χ4v) is 4.03. The maximum atomic E-state index is 13.5. The second-order valence-electron chi connectivity index (χ2n) is 8.42. The highest BCUT2D eigenvalue weighted by Gasteiger charge is 2.28. The van der Waals surface area contributed by atoms with E-state index in [1.807, 2.05) is 49.4 Å². The van der Waals surface area contributed by atoms with E-state index >= 15 is 0 Å². The summed E-state index contributed by atoms with van der Waals surface area (Å²) in [4.78, 5) is 28.1. The average Bonchev–Trinajstić information content (AvgIpc) is 2.87. The van der Waals surface area contributed by atoms with Crippen LogP contribution in [0.4, 0.5) is 0 Å². The molecule has 184 valence electrons. The number of hydrogen-bond acceptors (Lipinski definition) is 5. The number of carbonyl (C=O) groups is 2. The lowest BCUT2D eigenvalue weighted by Crippen LogP contribution is -2.49. The zero-order valence-corrected chi connectivity index (χ0v) is 20.5. The molecule has 2 amide bonds. The zero-order chi connectivity index (χ0) is 24.3. The molecule has 7 heteroatoms. The number of nitrogens with zero attached hydrogens (tertiary/aromatic N) is 1. The number of amides is 2. The summed E-state index contributed by atoms with van der Waals surface area (Å²) in [5, 5.41) is 3.00. The van der Waals surface area contributed by atoms with Gasteiger partial charge in [0.25, 0.3) is 0 Å². The van der Waals surface area contributed by atoms with Crippen molar-refractivity contribution in [2.24, 2.45) is 0 Å². The second-order valence-corrected chi connectivity index (χ2v) is 8.42. The van der Waals surface area contributed by atoms with E-state index in [1.165, 1.54) is 0 Å². The Morgan fingerprint density at radius 2 is 1.85 bits per heavy atom. The van der Waals surface area contributed by atoms with E-state index in [-0.39, 0.29) is 11.8 Å². The standard InChI is InChI=1S/C27H36N2O5/c1-4-6-14-28-27(31)23(5-2)29(19-21-8-7-9-22(17-21)32-3)26(30)13-11-20-10-12-24-25(18-20)34-16-15-33-24/h7-10,12,17-18,23H,4-6,11,13-16,19H2,1-3H3,(H,28,31)/t23-/m0/s1. The molecule has 0 unspecified atom stereocenters. The summed E-state index contributed by atoms with van der Waals surface area (Å²) in [6.45, 7) is 6.05. The van der Waals surface area contributed by atoms with Gasteiger partial charge < -0.3 is 24.4 Å². The summed E-state index contributed by atoms with van der Waals surface area (Å²) >= 11 is 0. The third-order valence-electron chi connectivity index (χ3n) is 5.94. The van der Waals surface area contributed by atoms with Gasteiger partial charge >= 0.3 is 0 Å². The van der Waals surface area contributed by atoms with E-state index in [2.05, 4.69) is 12.2 Å². The lowest BCUT2D eigenvalue weighted by molar-refractivity contribution is -0.141. The number of fused-ring (bicyclic) bond motifs is 1. The highest BCUT2D eigenvalue weighted by molar-refractivity contribution is 5.87. The fraction of sp³-hybridized carbons (Fsp3) is 0.481. The van der Waals surface area contributed by atoms with Crippen LogP contribution in [-0.2, 0) is 22.6 Å². The van der Waals surface area contributed by atoms with E-state index in [0.29, 0.717) is 51.3 Å². The first-order valence-electron chi connectivity index (χ1n) is 12.1. The van der Waals surface area contributed by atoms with Crippen LogP contribution in [-0.4, -0.2) is 49.6 Å². The van der Waals surface area contributed by atoms with E-state index in [4.69, 9.17) is 14.2 Å². The molecule has 1 aliphatic heterocycles. The van der Waals surface area contributed by atoms with Crippen molar-refractivity contribution in [2.75, 3.05) is 26.9 Å². The number of rotatable bonds is 12. The molecule has 1 heterocycles. The average molecular weight is 469 g/mol. The van der Waals surface area contributed by atoms with E-state index in [9.17, 15) is 9.59 Å². The number of nitrogens with one attached hydrogen (secondary N) is 1. The maximum Gasteiger partial charge on any atom is 0.242 e. The first kappa shape index (κ1) is 25.4. The quantitative estimate of drug-likeness (QED) is 0.474. The summed E-state index contributed by atoms with van der Waals surface area (Å²) < 4.78 is 16.6. The third-order valence-corrected chi connectivity index (χ3v) is 5.94. The van der Waals surface area contributed by atoms with Crippen molar-refractivity contribution in [2.45, 2.75) is 58.5 Å². The first-order valence-corrected chi connectivity index (χ1v) is 12.1. The number of aryl methyl sites for hydroxylation is 1. The molecule has 2 aromatic carbocycles. The Labute approximate surface area is 202 Å². The van der Waals surface area contributed by atoms with Gasteiger partial charge in [-0.15, -0.1) is 0 Å². The molecule has 0 spiro atoms. The molecule has 1 aliphatic rings. The zero-order valence-electron chi connectivity index (χ0n) is 20.5. The highest BCUT2D eigenvalue weighted by atomic mass is 16.6. The van der Waals surface area contributed by atoms with Gasteiger partial charge in [0, 0.05) is 19.5 Å². The van der Waals surface area contributed by atoms with E-state index < -0.39 is 6.04 Å². The minimum atomic E-state index is -0.532. The van der Waals surface area contributed by atoms with Crippen LogP contribution in [0, 0.1) is 0 Å². The Kier molecular flexibility index (Phi) is 9.62. The van der Waals surface area contributed by atoms with Crippen LogP contribution >= 0.6 is 0 Å². The number of carbonyl (C=O) groups excluding carboxylic acids is 2. The van der Waals surface area contributed by atoms with Gasteiger partial charge in [0.05, 0.1) is 7.11 Å². The van der Waals surface area contributed by atoms with Gasteiger partial charge in [0.1, 0.15) is 25.0 Å². The topological polar surface area (TPSA) is 77.1 Å². The number of unbranched alkanes of at least 4 members (excludes halogenated alkanes) is 1. The van der Waals surface area contributed by atoms with Crippen LogP contribution in [0.25, 0.3) is 0 Å². The van der Waals surface area contributed by atoms with E-state index in [0.717, 1.165) is 35.5 Å². The van der Waals surface area contributed by atoms with Crippen LogP contribution in [0.3, 0.4) is 0 Å². The summed E-state index contributed by atoms with van der Waals surface area (Å²) in [6.07, 6.45) is 3.30. The monoisotopic (exact) mass is 468 g/mol. The van der Waals surface area contributed by atoms with Crippen molar-refractivity contribution in [1.29, 1.82) is 0 Å². The summed E-state index contributed by atoms with van der Waals surface area (Å²) in [6, 6.07) is 12.9. The molecule has 0 fully saturated rings. The Balaban J connectivity index is 1.75. The van der Waals surface area contributed by atoms with Crippen molar-refractivity contribution in [3.63, 3.8) is 0 Å². The molecule has 0 bridgehead atoms. The van der Waals surface area contributed by atoms with Crippen LogP contribution < -0.4 is 19.5 Å². The normalized spacial score (nSPS) is 13.1. The lowest BCUT2D eigenvalue weighted by Gasteiger charge is -2.31. The third kappa shape index (κ3) is 6.89. The van der Waals surface area contributed by atoms with Crippen molar-refractivity contribution >= 4 is 11.8 Å². The van der Waals surface area contributed by atoms with Gasteiger partial charge in [-0.05, 0) is 54.7 Å². The molecule has 0 saturated heterocycles. The van der Waals surface area contributed by atoms with Crippen molar-refractivity contribution in [1.82, 2.24) is 10.2 Å². The molecule has 0 radical (unpaired) electrons. The van der Waals surface area contributed by atoms with Crippen molar-refractivity contribution < 1.29 is 23.8 Å². The van der Waals surface area contributed by atoms with Gasteiger partial charge in [-0.3, -0.25) is 9.59 Å².